The summed E-state index contributed by atoms with van der Waals surface area (Å²) >= 11 is 0. The van der Waals surface area contributed by atoms with Crippen molar-refractivity contribution in [3.05, 3.63) is 90.4 Å². The van der Waals surface area contributed by atoms with Crippen LogP contribution in [0.1, 0.15) is 17.8 Å². The van der Waals surface area contributed by atoms with E-state index in [0.717, 1.165) is 52.4 Å². The Kier molecular flexibility index (Phi) is 5.08. The Labute approximate surface area is 182 Å². The molecule has 0 unspecified atom stereocenters. The maximum atomic E-state index is 13.3. The normalized spacial score (nSPS) is 13.1. The van der Waals surface area contributed by atoms with Gasteiger partial charge in [0.05, 0.1) is 12.1 Å². The number of pyridine rings is 1. The number of carbonyl (C=O) groups excluding carboxylic acids is 1. The van der Waals surface area contributed by atoms with E-state index in [-0.39, 0.29) is 12.3 Å². The number of benzene rings is 2. The highest BCUT2D eigenvalue weighted by Gasteiger charge is 2.30. The fraction of sp³-hybridized carbons (Fsp3) is 0.192. The van der Waals surface area contributed by atoms with E-state index >= 15 is 0 Å². The molecule has 3 heterocycles. The van der Waals surface area contributed by atoms with Crippen LogP contribution in [0.3, 0.4) is 0 Å². The van der Waals surface area contributed by atoms with E-state index in [0.29, 0.717) is 6.54 Å². The van der Waals surface area contributed by atoms with Crippen LogP contribution >= 0.6 is 0 Å². The third-order valence-corrected chi connectivity index (χ3v) is 5.75. The van der Waals surface area contributed by atoms with Crippen LogP contribution in [0.2, 0.25) is 0 Å². The first kappa shape index (κ1) is 19.2. The molecule has 2 aromatic carbocycles. The zero-order valence-corrected chi connectivity index (χ0v) is 17.5. The summed E-state index contributed by atoms with van der Waals surface area (Å²) in [5.74, 6) is 0.950. The van der Waals surface area contributed by atoms with Gasteiger partial charge in [0.15, 0.2) is 0 Å². The Morgan fingerprint density at radius 2 is 1.65 bits per heavy atom. The van der Waals surface area contributed by atoms with E-state index in [9.17, 15) is 4.79 Å². The van der Waals surface area contributed by atoms with Crippen molar-refractivity contribution in [1.82, 2.24) is 14.8 Å². The average Bonchev–Trinajstić information content (AvgIpc) is 3.16. The van der Waals surface area contributed by atoms with E-state index in [1.54, 1.807) is 6.20 Å². The molecule has 1 aliphatic heterocycles. The van der Waals surface area contributed by atoms with Crippen LogP contribution in [0.25, 0.3) is 22.3 Å². The van der Waals surface area contributed by atoms with Crippen LogP contribution < -0.4 is 4.90 Å². The van der Waals surface area contributed by atoms with Crippen molar-refractivity contribution in [3.8, 4) is 22.3 Å². The predicted octanol–water partition coefficient (Wildman–Crippen LogP) is 4.90. The number of carbonyl (C=O) groups is 1. The van der Waals surface area contributed by atoms with E-state index in [2.05, 4.69) is 47.4 Å². The minimum Gasteiger partial charge on any atom is -0.296 e. The van der Waals surface area contributed by atoms with Crippen molar-refractivity contribution in [2.75, 3.05) is 11.4 Å². The van der Waals surface area contributed by atoms with Gasteiger partial charge in [0.25, 0.3) is 0 Å². The number of hydrogen-bond donors (Lipinski definition) is 0. The summed E-state index contributed by atoms with van der Waals surface area (Å²) in [7, 11) is 0. The van der Waals surface area contributed by atoms with Gasteiger partial charge in [-0.3, -0.25) is 14.7 Å². The highest BCUT2D eigenvalue weighted by Crippen LogP contribution is 2.41. The third kappa shape index (κ3) is 3.63. The Morgan fingerprint density at radius 3 is 2.42 bits per heavy atom. The van der Waals surface area contributed by atoms with Crippen molar-refractivity contribution in [1.29, 1.82) is 0 Å². The summed E-state index contributed by atoms with van der Waals surface area (Å²) in [5.41, 5.74) is 6.16. The molecule has 0 N–H and O–H groups in total. The molecule has 0 radical (unpaired) electrons. The second-order valence-electron chi connectivity index (χ2n) is 7.82. The van der Waals surface area contributed by atoms with Crippen molar-refractivity contribution in [2.24, 2.45) is 0 Å². The van der Waals surface area contributed by atoms with Gasteiger partial charge in [0, 0.05) is 30.5 Å². The number of nitrogens with zero attached hydrogens (tertiary/aromatic N) is 4. The summed E-state index contributed by atoms with van der Waals surface area (Å²) in [6, 6.07) is 24.4. The maximum Gasteiger partial charge on any atom is 0.234 e. The zero-order chi connectivity index (χ0) is 21.2. The van der Waals surface area contributed by atoms with E-state index in [1.165, 1.54) is 0 Å². The summed E-state index contributed by atoms with van der Waals surface area (Å²) in [5, 5.41) is 4.81. The second-order valence-corrected chi connectivity index (χ2v) is 7.82. The van der Waals surface area contributed by atoms with Gasteiger partial charge in [-0.05, 0) is 42.2 Å². The third-order valence-electron chi connectivity index (χ3n) is 5.75. The number of amides is 1. The minimum absolute atomic E-state index is 0.0537. The molecule has 5 heteroatoms. The first-order valence-electron chi connectivity index (χ1n) is 10.6. The first-order chi connectivity index (χ1) is 15.2. The van der Waals surface area contributed by atoms with Crippen LogP contribution in [0.5, 0.6) is 0 Å². The van der Waals surface area contributed by atoms with Crippen molar-refractivity contribution < 1.29 is 4.79 Å². The van der Waals surface area contributed by atoms with Crippen molar-refractivity contribution in [2.45, 2.75) is 26.3 Å². The van der Waals surface area contributed by atoms with Crippen molar-refractivity contribution >= 4 is 11.7 Å². The summed E-state index contributed by atoms with van der Waals surface area (Å²) in [6.45, 7) is 3.54. The van der Waals surface area contributed by atoms with Crippen molar-refractivity contribution in [3.63, 3.8) is 0 Å². The van der Waals surface area contributed by atoms with Gasteiger partial charge in [-0.25, -0.2) is 4.68 Å². The minimum atomic E-state index is 0.0537. The first-order valence-corrected chi connectivity index (χ1v) is 10.6. The maximum absolute atomic E-state index is 13.3. The molecule has 1 amide bonds. The fourth-order valence-corrected chi connectivity index (χ4v) is 4.37. The molecule has 0 bridgehead atoms. The monoisotopic (exact) mass is 408 g/mol. The number of aryl methyl sites for hydroxylation is 2. The molecule has 0 fully saturated rings. The Hall–Kier alpha value is -3.73. The van der Waals surface area contributed by atoms with E-state index < -0.39 is 0 Å². The second kappa shape index (κ2) is 8.19. The molecule has 5 rings (SSSR count). The van der Waals surface area contributed by atoms with Gasteiger partial charge in [-0.2, -0.15) is 5.10 Å². The molecule has 154 valence electrons. The molecule has 0 spiro atoms. The lowest BCUT2D eigenvalue weighted by molar-refractivity contribution is -0.118. The van der Waals surface area contributed by atoms with E-state index in [1.807, 2.05) is 46.8 Å². The largest absolute Gasteiger partial charge is 0.296 e. The quantitative estimate of drug-likeness (QED) is 0.483. The lowest BCUT2D eigenvalue weighted by Crippen LogP contribution is -2.39. The molecular formula is C26H24N4O. The zero-order valence-electron chi connectivity index (χ0n) is 17.5. The summed E-state index contributed by atoms with van der Waals surface area (Å²) in [6.07, 6.45) is 2.90. The Bertz CT molecular complexity index is 1210. The van der Waals surface area contributed by atoms with Crippen LogP contribution in [0.15, 0.2) is 79.0 Å². The molecule has 5 nitrogen and oxygen atoms in total. The van der Waals surface area contributed by atoms with Gasteiger partial charge in [0.2, 0.25) is 5.91 Å². The Morgan fingerprint density at radius 1 is 0.903 bits per heavy atom. The molecule has 0 atom stereocenters. The highest BCUT2D eigenvalue weighted by molar-refractivity contribution is 6.00. The predicted molar refractivity (Wildman–Crippen MR) is 123 cm³/mol. The lowest BCUT2D eigenvalue weighted by atomic mass is 9.94. The smallest absolute Gasteiger partial charge is 0.234 e. The van der Waals surface area contributed by atoms with Gasteiger partial charge in [0.1, 0.15) is 5.82 Å². The molecule has 2 aromatic heterocycles. The number of aromatic nitrogens is 3. The van der Waals surface area contributed by atoms with E-state index in [4.69, 9.17) is 5.10 Å². The SMILES string of the molecule is Cc1nn2c(c1-c1ccccc1-c1ccccc1)N(C(=O)Cc1ccccn1)CCC2. The summed E-state index contributed by atoms with van der Waals surface area (Å²) < 4.78 is 1.99. The highest BCUT2D eigenvalue weighted by atomic mass is 16.2. The van der Waals surface area contributed by atoms with Crippen LogP contribution in [-0.2, 0) is 17.8 Å². The van der Waals surface area contributed by atoms with Gasteiger partial charge < -0.3 is 0 Å². The van der Waals surface area contributed by atoms with Gasteiger partial charge >= 0.3 is 0 Å². The average molecular weight is 409 g/mol. The molecule has 0 saturated carbocycles. The Balaban J connectivity index is 1.61. The standard InChI is InChI=1S/C26H24N4O/c1-19-25(23-14-6-5-13-22(23)20-10-3-2-4-11-20)26-29(16-9-17-30(26)28-19)24(31)18-21-12-7-8-15-27-21/h2-8,10-15H,9,16-18H2,1H3. The molecule has 4 aromatic rings. The molecule has 1 aliphatic rings. The topological polar surface area (TPSA) is 51.0 Å². The molecule has 0 aliphatic carbocycles. The fourth-order valence-electron chi connectivity index (χ4n) is 4.37. The molecule has 0 saturated heterocycles. The lowest BCUT2D eigenvalue weighted by Gasteiger charge is -2.29. The van der Waals surface area contributed by atoms with Gasteiger partial charge in [-0.15, -0.1) is 0 Å². The number of rotatable bonds is 4. The van der Waals surface area contributed by atoms with Crippen LogP contribution in [-0.4, -0.2) is 27.2 Å². The summed E-state index contributed by atoms with van der Waals surface area (Å²) in [4.78, 5) is 19.6. The molecule has 31 heavy (non-hydrogen) atoms. The van der Waals surface area contributed by atoms with Crippen LogP contribution in [0.4, 0.5) is 5.82 Å². The molecular weight excluding hydrogens is 384 g/mol. The van der Waals surface area contributed by atoms with Crippen LogP contribution in [0, 0.1) is 6.92 Å². The van der Waals surface area contributed by atoms with Gasteiger partial charge in [-0.1, -0.05) is 60.7 Å². The number of hydrogen-bond acceptors (Lipinski definition) is 3. The number of fused-ring (bicyclic) bond motifs is 1. The number of anilines is 1.